The van der Waals surface area contributed by atoms with Crippen molar-refractivity contribution in [2.75, 3.05) is 13.1 Å². The first-order valence-electron chi connectivity index (χ1n) is 8.35. The highest BCUT2D eigenvalue weighted by Crippen LogP contribution is 2.22. The zero-order chi connectivity index (χ0) is 17.8. The molecular formula is C18H20FN3O3. The number of aromatic nitrogens is 2. The van der Waals surface area contributed by atoms with Crippen LogP contribution in [0.25, 0.3) is 5.69 Å². The molecule has 132 valence electrons. The molecule has 0 spiro atoms. The maximum absolute atomic E-state index is 13.3. The average Bonchev–Trinajstić information content (AvgIpc) is 3.10. The number of carbonyl (C=O) groups excluding carboxylic acids is 1. The summed E-state index contributed by atoms with van der Waals surface area (Å²) >= 11 is 0. The van der Waals surface area contributed by atoms with Gasteiger partial charge in [0.1, 0.15) is 5.82 Å². The predicted molar refractivity (Wildman–Crippen MR) is 89.0 cm³/mol. The van der Waals surface area contributed by atoms with Crippen LogP contribution in [0.2, 0.25) is 0 Å². The Morgan fingerprint density at radius 1 is 1.32 bits per heavy atom. The molecule has 25 heavy (non-hydrogen) atoms. The quantitative estimate of drug-likeness (QED) is 0.904. The van der Waals surface area contributed by atoms with Crippen LogP contribution in [0, 0.1) is 11.7 Å². The molecule has 1 aliphatic rings. The maximum atomic E-state index is 13.3. The lowest BCUT2D eigenvalue weighted by atomic mass is 9.93. The minimum atomic E-state index is -0.808. The van der Waals surface area contributed by atoms with E-state index in [-0.39, 0.29) is 24.1 Å². The summed E-state index contributed by atoms with van der Waals surface area (Å²) in [4.78, 5) is 25.1. The molecule has 1 saturated heterocycles. The third-order valence-corrected chi connectivity index (χ3v) is 4.45. The average molecular weight is 345 g/mol. The van der Waals surface area contributed by atoms with Crippen LogP contribution in [0.5, 0.6) is 0 Å². The van der Waals surface area contributed by atoms with Crippen LogP contribution in [0.4, 0.5) is 4.39 Å². The lowest BCUT2D eigenvalue weighted by molar-refractivity contribution is -0.137. The van der Waals surface area contributed by atoms with Crippen molar-refractivity contribution in [2.45, 2.75) is 25.7 Å². The monoisotopic (exact) mass is 345 g/mol. The van der Waals surface area contributed by atoms with Gasteiger partial charge >= 0.3 is 5.97 Å². The number of nitrogens with zero attached hydrogens (tertiary/aromatic N) is 3. The lowest BCUT2D eigenvalue weighted by Crippen LogP contribution is -2.40. The summed E-state index contributed by atoms with van der Waals surface area (Å²) < 4.78 is 14.8. The minimum Gasteiger partial charge on any atom is -0.481 e. The summed E-state index contributed by atoms with van der Waals surface area (Å²) in [5.74, 6) is -1.13. The van der Waals surface area contributed by atoms with Crippen LogP contribution in [0.3, 0.4) is 0 Å². The second-order valence-electron chi connectivity index (χ2n) is 6.32. The number of hydrogen-bond acceptors (Lipinski definition) is 3. The van der Waals surface area contributed by atoms with Crippen molar-refractivity contribution >= 4 is 11.9 Å². The number of hydrogen-bond donors (Lipinski definition) is 1. The molecule has 3 rings (SSSR count). The highest BCUT2D eigenvalue weighted by Gasteiger charge is 2.26. The van der Waals surface area contributed by atoms with Gasteiger partial charge in [0.05, 0.1) is 5.69 Å². The number of carbonyl (C=O) groups is 2. The van der Waals surface area contributed by atoms with Crippen LogP contribution in [-0.4, -0.2) is 44.8 Å². The van der Waals surface area contributed by atoms with Gasteiger partial charge in [-0.05, 0) is 49.4 Å². The fraction of sp³-hybridized carbons (Fsp3) is 0.389. The first kappa shape index (κ1) is 17.1. The van der Waals surface area contributed by atoms with Crippen molar-refractivity contribution in [3.05, 3.63) is 48.0 Å². The molecule has 2 heterocycles. The Hall–Kier alpha value is -2.70. The zero-order valence-electron chi connectivity index (χ0n) is 13.8. The lowest BCUT2D eigenvalue weighted by Gasteiger charge is -2.32. The summed E-state index contributed by atoms with van der Waals surface area (Å²) in [5, 5.41) is 13.1. The molecule has 1 aliphatic heterocycles. The molecule has 6 nitrogen and oxygen atoms in total. The number of carboxylic acid groups (broad SMARTS) is 1. The topological polar surface area (TPSA) is 75.4 Å². The predicted octanol–water partition coefficient (Wildman–Crippen LogP) is 2.73. The molecule has 0 saturated carbocycles. The summed E-state index contributed by atoms with van der Waals surface area (Å²) in [6.45, 7) is 1.20. The molecule has 1 aromatic carbocycles. The van der Waals surface area contributed by atoms with E-state index in [4.69, 9.17) is 5.11 Å². The second kappa shape index (κ2) is 7.46. The highest BCUT2D eigenvalue weighted by molar-refractivity contribution is 5.92. The van der Waals surface area contributed by atoms with Gasteiger partial charge in [-0.3, -0.25) is 9.59 Å². The standard InChI is InChI=1S/C18H20FN3O3/c19-14-4-1-5-15(11-14)22-10-8-16(20-22)18(25)21-9-2-3-13(12-21)6-7-17(23)24/h1,4-5,8,10-11,13H,2-3,6-7,9,12H2,(H,23,24). The Kier molecular flexibility index (Phi) is 5.11. The molecule has 1 aromatic heterocycles. The number of rotatable bonds is 5. The van der Waals surface area contributed by atoms with Crippen molar-refractivity contribution in [1.29, 1.82) is 0 Å². The Labute approximate surface area is 144 Å². The van der Waals surface area contributed by atoms with Gasteiger partial charge in [0.2, 0.25) is 0 Å². The van der Waals surface area contributed by atoms with Gasteiger partial charge in [0.15, 0.2) is 5.69 Å². The first-order chi connectivity index (χ1) is 12.0. The molecule has 0 bridgehead atoms. The van der Waals surface area contributed by atoms with E-state index in [2.05, 4.69) is 5.10 Å². The van der Waals surface area contributed by atoms with Gasteiger partial charge in [0, 0.05) is 25.7 Å². The van der Waals surface area contributed by atoms with Crippen molar-refractivity contribution in [2.24, 2.45) is 5.92 Å². The third kappa shape index (κ3) is 4.23. The van der Waals surface area contributed by atoms with Gasteiger partial charge in [0.25, 0.3) is 5.91 Å². The third-order valence-electron chi connectivity index (χ3n) is 4.45. The van der Waals surface area contributed by atoms with E-state index in [1.807, 2.05) is 0 Å². The molecule has 7 heteroatoms. The van der Waals surface area contributed by atoms with Gasteiger partial charge in [-0.15, -0.1) is 0 Å². The molecule has 0 radical (unpaired) electrons. The number of carboxylic acids is 1. The van der Waals surface area contributed by atoms with Crippen LogP contribution in [0.15, 0.2) is 36.5 Å². The van der Waals surface area contributed by atoms with E-state index >= 15 is 0 Å². The van der Waals surface area contributed by atoms with Gasteiger partial charge in [-0.1, -0.05) is 6.07 Å². The number of aliphatic carboxylic acids is 1. The van der Waals surface area contributed by atoms with Crippen molar-refractivity contribution in [1.82, 2.24) is 14.7 Å². The van der Waals surface area contributed by atoms with Crippen LogP contribution < -0.4 is 0 Å². The molecule has 1 unspecified atom stereocenters. The van der Waals surface area contributed by atoms with Crippen molar-refractivity contribution in [3.8, 4) is 5.69 Å². The molecular weight excluding hydrogens is 325 g/mol. The Morgan fingerprint density at radius 3 is 2.92 bits per heavy atom. The number of amides is 1. The maximum Gasteiger partial charge on any atom is 0.303 e. The first-order valence-corrected chi connectivity index (χ1v) is 8.35. The summed E-state index contributed by atoms with van der Waals surface area (Å²) in [6, 6.07) is 7.63. The molecule has 2 aromatic rings. The Morgan fingerprint density at radius 2 is 2.16 bits per heavy atom. The van der Waals surface area contributed by atoms with Crippen LogP contribution in [-0.2, 0) is 4.79 Å². The number of benzene rings is 1. The zero-order valence-corrected chi connectivity index (χ0v) is 13.8. The van der Waals surface area contributed by atoms with E-state index < -0.39 is 5.97 Å². The smallest absolute Gasteiger partial charge is 0.303 e. The summed E-state index contributed by atoms with van der Waals surface area (Å²) in [7, 11) is 0. The van der Waals surface area contributed by atoms with Crippen molar-refractivity contribution < 1.29 is 19.1 Å². The SMILES string of the molecule is O=C(O)CCC1CCCN(C(=O)c2ccn(-c3cccc(F)c3)n2)C1. The second-order valence-corrected chi connectivity index (χ2v) is 6.32. The van der Waals surface area contributed by atoms with E-state index in [0.717, 1.165) is 12.8 Å². The highest BCUT2D eigenvalue weighted by atomic mass is 19.1. The van der Waals surface area contributed by atoms with E-state index in [0.29, 0.717) is 30.9 Å². The Bertz CT molecular complexity index is 774. The van der Waals surface area contributed by atoms with Gasteiger partial charge in [-0.25, -0.2) is 9.07 Å². The summed E-state index contributed by atoms with van der Waals surface area (Å²) in [6.07, 6.45) is 4.14. The minimum absolute atomic E-state index is 0.126. The molecule has 1 atom stereocenters. The number of piperidine rings is 1. The van der Waals surface area contributed by atoms with Gasteiger partial charge in [-0.2, -0.15) is 5.10 Å². The largest absolute Gasteiger partial charge is 0.481 e. The van der Waals surface area contributed by atoms with Crippen LogP contribution >= 0.6 is 0 Å². The fourth-order valence-electron chi connectivity index (χ4n) is 3.18. The Balaban J connectivity index is 1.67. The molecule has 1 amide bonds. The fourth-order valence-corrected chi connectivity index (χ4v) is 3.18. The van der Waals surface area contributed by atoms with E-state index in [9.17, 15) is 14.0 Å². The van der Waals surface area contributed by atoms with Gasteiger partial charge < -0.3 is 10.0 Å². The van der Waals surface area contributed by atoms with Crippen molar-refractivity contribution in [3.63, 3.8) is 0 Å². The summed E-state index contributed by atoms with van der Waals surface area (Å²) in [5.41, 5.74) is 0.861. The number of halogens is 1. The van der Waals surface area contributed by atoms with E-state index in [1.54, 1.807) is 29.3 Å². The normalized spacial score (nSPS) is 17.5. The molecule has 1 fully saturated rings. The van der Waals surface area contributed by atoms with Crippen LogP contribution in [0.1, 0.15) is 36.2 Å². The number of likely N-dealkylation sites (tertiary alicyclic amines) is 1. The molecule has 1 N–H and O–H groups in total. The molecule has 0 aliphatic carbocycles. The van der Waals surface area contributed by atoms with E-state index in [1.165, 1.54) is 16.8 Å².